The number of methoxy groups -OCH3 is 1. The first-order valence-corrected chi connectivity index (χ1v) is 3.81. The number of carbonyl (C=O) groups is 1. The zero-order valence-electron chi connectivity index (χ0n) is 8.25. The predicted octanol–water partition coefficient (Wildman–Crippen LogP) is 1.33. The van der Waals surface area contributed by atoms with Gasteiger partial charge in [0.25, 0.3) is 0 Å². The number of phenolic OH excluding ortho intramolecular Hbond substituents is 1. The summed E-state index contributed by atoms with van der Waals surface area (Å²) in [6.07, 6.45) is 0.209. The maximum absolute atomic E-state index is 12.7. The number of aldehydes is 1. The molecule has 0 atom stereocenters. The molecule has 0 bridgehead atoms. The minimum Gasteiger partial charge on any atom is -0.503 e. The van der Waals surface area contributed by atoms with Crippen LogP contribution in [0.15, 0.2) is 6.07 Å². The third kappa shape index (κ3) is 3.17. The van der Waals surface area contributed by atoms with Crippen molar-refractivity contribution < 1.29 is 23.4 Å². The van der Waals surface area contributed by atoms with Crippen LogP contribution in [0.4, 0.5) is 14.5 Å². The van der Waals surface area contributed by atoms with E-state index >= 15 is 0 Å². The fourth-order valence-electron chi connectivity index (χ4n) is 0.739. The number of rotatable bonds is 1. The summed E-state index contributed by atoms with van der Waals surface area (Å²) in [6, 6.07) is 0.667. The maximum atomic E-state index is 12.7. The lowest BCUT2D eigenvalue weighted by Gasteiger charge is -2.02. The molecule has 0 amide bonds. The van der Waals surface area contributed by atoms with Crippen LogP contribution in [0, 0.1) is 11.6 Å². The third-order valence-electron chi connectivity index (χ3n) is 1.39. The van der Waals surface area contributed by atoms with Crippen LogP contribution in [0.1, 0.15) is 10.4 Å². The molecule has 4 nitrogen and oxygen atoms in total. The number of carbonyl (C=O) groups excluding carboxylic acids is 1. The zero-order valence-corrected chi connectivity index (χ0v) is 8.25. The van der Waals surface area contributed by atoms with Gasteiger partial charge in [-0.15, -0.1) is 0 Å². The van der Waals surface area contributed by atoms with Gasteiger partial charge in [-0.25, -0.2) is 8.78 Å². The van der Waals surface area contributed by atoms with E-state index in [4.69, 9.17) is 10.8 Å². The molecule has 84 valence electrons. The summed E-state index contributed by atoms with van der Waals surface area (Å²) in [4.78, 5) is 10.1. The molecule has 0 radical (unpaired) electrons. The van der Waals surface area contributed by atoms with Crippen LogP contribution < -0.4 is 5.73 Å². The van der Waals surface area contributed by atoms with E-state index in [9.17, 15) is 13.6 Å². The van der Waals surface area contributed by atoms with E-state index in [1.54, 1.807) is 14.2 Å². The molecular weight excluding hydrogens is 208 g/mol. The molecule has 1 rings (SSSR count). The van der Waals surface area contributed by atoms with Crippen molar-refractivity contribution in [2.75, 3.05) is 20.0 Å². The van der Waals surface area contributed by atoms with E-state index in [0.717, 1.165) is 0 Å². The van der Waals surface area contributed by atoms with Crippen LogP contribution in [-0.4, -0.2) is 25.6 Å². The lowest BCUT2D eigenvalue weighted by atomic mass is 10.2. The number of hydrogen-bond donors (Lipinski definition) is 2. The Morgan fingerprint density at radius 1 is 1.47 bits per heavy atom. The average Bonchev–Trinajstić information content (AvgIpc) is 2.21. The molecule has 0 aromatic heterocycles. The number of hydrogen-bond acceptors (Lipinski definition) is 4. The molecule has 0 fully saturated rings. The Kier molecular flexibility index (Phi) is 5.25. The number of halogens is 2. The van der Waals surface area contributed by atoms with E-state index in [2.05, 4.69) is 4.74 Å². The van der Waals surface area contributed by atoms with Crippen molar-refractivity contribution in [3.05, 3.63) is 23.3 Å². The minimum absolute atomic E-state index is 0.209. The Balaban J connectivity index is 0.000000583. The molecule has 0 unspecified atom stereocenters. The Morgan fingerprint density at radius 3 is 2.33 bits per heavy atom. The second-order valence-electron chi connectivity index (χ2n) is 2.55. The summed E-state index contributed by atoms with van der Waals surface area (Å²) in [6.45, 7) is 0. The van der Waals surface area contributed by atoms with Crippen molar-refractivity contribution in [2.24, 2.45) is 0 Å². The van der Waals surface area contributed by atoms with Gasteiger partial charge in [0.2, 0.25) is 0 Å². The van der Waals surface area contributed by atoms with Crippen molar-refractivity contribution in [1.29, 1.82) is 0 Å². The van der Waals surface area contributed by atoms with Gasteiger partial charge in [-0.2, -0.15) is 0 Å². The van der Waals surface area contributed by atoms with E-state index in [1.807, 2.05) is 0 Å². The van der Waals surface area contributed by atoms with Crippen LogP contribution in [0.3, 0.4) is 0 Å². The van der Waals surface area contributed by atoms with Crippen molar-refractivity contribution in [1.82, 2.24) is 0 Å². The quantitative estimate of drug-likeness (QED) is 0.552. The van der Waals surface area contributed by atoms with Crippen molar-refractivity contribution >= 4 is 12.0 Å². The first-order valence-electron chi connectivity index (χ1n) is 3.81. The van der Waals surface area contributed by atoms with Crippen molar-refractivity contribution in [3.8, 4) is 5.75 Å². The van der Waals surface area contributed by atoms with Crippen molar-refractivity contribution in [3.63, 3.8) is 0 Å². The third-order valence-corrected chi connectivity index (χ3v) is 1.39. The number of phenols is 1. The molecular formula is C9H11F2NO3. The smallest absolute Gasteiger partial charge is 0.191 e. The normalized spacial score (nSPS) is 9.07. The number of benzene rings is 1. The van der Waals surface area contributed by atoms with E-state index in [1.165, 1.54) is 0 Å². The summed E-state index contributed by atoms with van der Waals surface area (Å²) >= 11 is 0. The van der Waals surface area contributed by atoms with Gasteiger partial charge >= 0.3 is 0 Å². The highest BCUT2D eigenvalue weighted by atomic mass is 19.1. The molecule has 6 heteroatoms. The molecule has 15 heavy (non-hydrogen) atoms. The lowest BCUT2D eigenvalue weighted by Crippen LogP contribution is -1.99. The number of aromatic hydroxyl groups is 1. The topological polar surface area (TPSA) is 72.5 Å². The highest BCUT2D eigenvalue weighted by Crippen LogP contribution is 2.27. The fourth-order valence-corrected chi connectivity index (χ4v) is 0.739. The summed E-state index contributed by atoms with van der Waals surface area (Å²) in [5.74, 6) is -3.68. The predicted molar refractivity (Wildman–Crippen MR) is 50.8 cm³/mol. The summed E-state index contributed by atoms with van der Waals surface area (Å²) in [5.41, 5.74) is 4.16. The maximum Gasteiger partial charge on any atom is 0.191 e. The van der Waals surface area contributed by atoms with Gasteiger partial charge in [0.05, 0.1) is 5.69 Å². The van der Waals surface area contributed by atoms with Crippen LogP contribution in [0.5, 0.6) is 5.75 Å². The highest BCUT2D eigenvalue weighted by molar-refractivity contribution is 5.84. The summed E-state index contributed by atoms with van der Waals surface area (Å²) in [5, 5.41) is 8.66. The van der Waals surface area contributed by atoms with Crippen LogP contribution in [0.2, 0.25) is 0 Å². The van der Waals surface area contributed by atoms with Gasteiger partial charge in [-0.1, -0.05) is 0 Å². The monoisotopic (exact) mass is 219 g/mol. The van der Waals surface area contributed by atoms with Crippen LogP contribution in [0.25, 0.3) is 0 Å². The largest absolute Gasteiger partial charge is 0.503 e. The average molecular weight is 219 g/mol. The Bertz CT molecular complexity index is 356. The Labute approximate surface area is 85.3 Å². The molecule has 1 aromatic carbocycles. The van der Waals surface area contributed by atoms with Gasteiger partial charge in [0.1, 0.15) is 0 Å². The van der Waals surface area contributed by atoms with Gasteiger partial charge < -0.3 is 15.6 Å². The lowest BCUT2D eigenvalue weighted by molar-refractivity contribution is 0.112. The first-order chi connectivity index (χ1) is 6.99. The van der Waals surface area contributed by atoms with Gasteiger partial charge in [-0.3, -0.25) is 4.79 Å². The second-order valence-corrected chi connectivity index (χ2v) is 2.55. The molecule has 0 saturated heterocycles. The Morgan fingerprint density at radius 2 is 1.93 bits per heavy atom. The van der Waals surface area contributed by atoms with E-state index in [-0.39, 0.29) is 11.8 Å². The van der Waals surface area contributed by atoms with Crippen LogP contribution in [-0.2, 0) is 4.74 Å². The highest BCUT2D eigenvalue weighted by Gasteiger charge is 2.14. The van der Waals surface area contributed by atoms with Gasteiger partial charge in [0, 0.05) is 19.8 Å². The minimum atomic E-state index is -1.31. The molecule has 0 heterocycles. The SMILES string of the molecule is COC.Nc1c(C=O)cc(F)c(O)c1F. The van der Waals surface area contributed by atoms with E-state index < -0.39 is 23.1 Å². The number of nitrogen functional groups attached to an aromatic ring is 1. The standard InChI is InChI=1S/C7H5F2NO2.C2H6O/c8-4-1-3(2-11)6(10)5(9)7(4)12;1-3-2/h1-2,12H,10H2;1-2H3. The Hall–Kier alpha value is -1.69. The number of anilines is 1. The molecule has 3 N–H and O–H groups in total. The molecule has 0 aliphatic rings. The fraction of sp³-hybridized carbons (Fsp3) is 0.222. The molecule has 0 spiro atoms. The molecule has 0 aliphatic heterocycles. The van der Waals surface area contributed by atoms with Crippen LogP contribution >= 0.6 is 0 Å². The summed E-state index contributed by atoms with van der Waals surface area (Å²) in [7, 11) is 3.25. The first kappa shape index (κ1) is 13.3. The zero-order chi connectivity index (χ0) is 12.0. The number of ether oxygens (including phenoxy) is 1. The molecule has 1 aromatic rings. The summed E-state index contributed by atoms with van der Waals surface area (Å²) < 4.78 is 29.4. The molecule has 0 saturated carbocycles. The van der Waals surface area contributed by atoms with E-state index in [0.29, 0.717) is 6.07 Å². The van der Waals surface area contributed by atoms with Gasteiger partial charge in [0.15, 0.2) is 23.7 Å². The molecule has 0 aliphatic carbocycles. The van der Waals surface area contributed by atoms with Gasteiger partial charge in [-0.05, 0) is 6.07 Å². The number of nitrogens with two attached hydrogens (primary N) is 1. The second kappa shape index (κ2) is 5.92. The van der Waals surface area contributed by atoms with Crippen molar-refractivity contribution in [2.45, 2.75) is 0 Å².